The monoisotopic (exact) mass is 330 g/mol. The lowest BCUT2D eigenvalue weighted by atomic mass is 10.1. The number of alkyl halides is 3. The number of rotatable bonds is 2. The summed E-state index contributed by atoms with van der Waals surface area (Å²) in [5.74, 6) is 0. The molecule has 0 saturated heterocycles. The van der Waals surface area contributed by atoms with Crippen LogP contribution in [0.4, 0.5) is 24.5 Å². The van der Waals surface area contributed by atoms with Gasteiger partial charge in [0.15, 0.2) is 0 Å². The summed E-state index contributed by atoms with van der Waals surface area (Å²) in [6.07, 6.45) is -4.57. The maximum Gasteiger partial charge on any atom is 0.418 e. The van der Waals surface area contributed by atoms with Crippen molar-refractivity contribution >= 4 is 34.6 Å². The first-order valence-corrected chi connectivity index (χ1v) is 6.40. The van der Waals surface area contributed by atoms with Gasteiger partial charge in [-0.05, 0) is 36.4 Å². The van der Waals surface area contributed by atoms with Crippen LogP contribution in [0.15, 0.2) is 36.4 Å². The quantitative estimate of drug-likeness (QED) is 0.774. The minimum Gasteiger partial charge on any atom is -0.354 e. The predicted octanol–water partition coefficient (Wildman–Crippen LogP) is 5.63. The lowest BCUT2D eigenvalue weighted by Gasteiger charge is -2.15. The summed E-state index contributed by atoms with van der Waals surface area (Å²) in [5, 5.41) is 11.8. The molecule has 0 atom stereocenters. The summed E-state index contributed by atoms with van der Waals surface area (Å²) in [5.41, 5.74) is -0.746. The molecule has 0 fully saturated rings. The fourth-order valence-electron chi connectivity index (χ4n) is 1.72. The number of nitrogens with zero attached hydrogens (tertiary/aromatic N) is 1. The van der Waals surface area contributed by atoms with Crippen molar-refractivity contribution in [2.45, 2.75) is 6.18 Å². The van der Waals surface area contributed by atoms with Crippen LogP contribution in [-0.2, 0) is 6.18 Å². The number of hydrogen-bond donors (Lipinski definition) is 1. The molecule has 0 bridgehead atoms. The number of nitriles is 1. The Labute approximate surface area is 128 Å². The highest BCUT2D eigenvalue weighted by Gasteiger charge is 2.34. The number of nitrogens with one attached hydrogen (secondary N) is 1. The molecular weight excluding hydrogens is 324 g/mol. The third kappa shape index (κ3) is 3.60. The van der Waals surface area contributed by atoms with E-state index in [0.717, 1.165) is 6.07 Å². The summed E-state index contributed by atoms with van der Waals surface area (Å²) >= 11 is 11.4. The molecule has 1 N–H and O–H groups in total. The van der Waals surface area contributed by atoms with Crippen molar-refractivity contribution in [3.63, 3.8) is 0 Å². The molecule has 2 aromatic rings. The number of anilines is 2. The van der Waals surface area contributed by atoms with Gasteiger partial charge in [0.2, 0.25) is 0 Å². The van der Waals surface area contributed by atoms with Crippen LogP contribution >= 0.6 is 23.2 Å². The zero-order valence-corrected chi connectivity index (χ0v) is 11.8. The molecule has 0 unspecified atom stereocenters. The van der Waals surface area contributed by atoms with Crippen molar-refractivity contribution in [1.29, 1.82) is 5.26 Å². The van der Waals surface area contributed by atoms with Crippen LogP contribution in [0.25, 0.3) is 0 Å². The van der Waals surface area contributed by atoms with Gasteiger partial charge in [-0.1, -0.05) is 23.2 Å². The van der Waals surface area contributed by atoms with E-state index in [1.165, 1.54) is 30.3 Å². The predicted molar refractivity (Wildman–Crippen MR) is 75.9 cm³/mol. The molecule has 2 aromatic carbocycles. The maximum atomic E-state index is 13.0. The second kappa shape index (κ2) is 5.84. The zero-order valence-electron chi connectivity index (χ0n) is 10.3. The zero-order chi connectivity index (χ0) is 15.6. The van der Waals surface area contributed by atoms with Crippen molar-refractivity contribution < 1.29 is 13.2 Å². The van der Waals surface area contributed by atoms with E-state index in [1.807, 2.05) is 6.07 Å². The molecule has 7 heteroatoms. The van der Waals surface area contributed by atoms with Gasteiger partial charge in [0, 0.05) is 10.0 Å². The van der Waals surface area contributed by atoms with E-state index in [2.05, 4.69) is 5.32 Å². The normalized spacial score (nSPS) is 11.0. The van der Waals surface area contributed by atoms with Crippen LogP contribution in [0.1, 0.15) is 11.1 Å². The van der Waals surface area contributed by atoms with Gasteiger partial charge in [-0.2, -0.15) is 18.4 Å². The van der Waals surface area contributed by atoms with E-state index in [0.29, 0.717) is 5.02 Å². The smallest absolute Gasteiger partial charge is 0.354 e. The third-order valence-corrected chi connectivity index (χ3v) is 3.13. The molecule has 0 spiro atoms. The molecule has 0 aliphatic heterocycles. The van der Waals surface area contributed by atoms with Crippen LogP contribution in [0.5, 0.6) is 0 Å². The summed E-state index contributed by atoms with van der Waals surface area (Å²) in [6.45, 7) is 0. The molecule has 0 radical (unpaired) electrons. The van der Waals surface area contributed by atoms with Gasteiger partial charge >= 0.3 is 6.18 Å². The van der Waals surface area contributed by atoms with Crippen molar-refractivity contribution in [3.05, 3.63) is 57.6 Å². The topological polar surface area (TPSA) is 35.8 Å². The Morgan fingerprint density at radius 3 is 2.19 bits per heavy atom. The average Bonchev–Trinajstić information content (AvgIpc) is 2.40. The Morgan fingerprint density at radius 2 is 1.57 bits per heavy atom. The third-order valence-electron chi connectivity index (χ3n) is 2.66. The molecule has 0 aliphatic carbocycles. The van der Waals surface area contributed by atoms with E-state index >= 15 is 0 Å². The van der Waals surface area contributed by atoms with Gasteiger partial charge in [-0.15, -0.1) is 0 Å². The first kappa shape index (κ1) is 15.5. The first-order chi connectivity index (χ1) is 9.81. The van der Waals surface area contributed by atoms with Gasteiger partial charge in [-0.25, -0.2) is 0 Å². The molecule has 21 heavy (non-hydrogen) atoms. The molecule has 0 saturated carbocycles. The lowest BCUT2D eigenvalue weighted by Crippen LogP contribution is -2.09. The number of hydrogen-bond acceptors (Lipinski definition) is 2. The van der Waals surface area contributed by atoms with E-state index in [4.69, 9.17) is 28.5 Å². The molecule has 2 rings (SSSR count). The van der Waals surface area contributed by atoms with Crippen LogP contribution < -0.4 is 5.32 Å². The minimum absolute atomic E-state index is 0.0283. The van der Waals surface area contributed by atoms with Crippen LogP contribution in [0.3, 0.4) is 0 Å². The fraction of sp³-hybridized carbons (Fsp3) is 0.0714. The summed E-state index contributed by atoms with van der Waals surface area (Å²) < 4.78 is 39.0. The van der Waals surface area contributed by atoms with Gasteiger partial charge < -0.3 is 5.32 Å². The van der Waals surface area contributed by atoms with Crippen LogP contribution in [0, 0.1) is 11.3 Å². The van der Waals surface area contributed by atoms with Gasteiger partial charge in [-0.3, -0.25) is 0 Å². The summed E-state index contributed by atoms with van der Waals surface area (Å²) in [6, 6.07) is 9.53. The molecule has 0 amide bonds. The van der Waals surface area contributed by atoms with Crippen LogP contribution in [0.2, 0.25) is 10.0 Å². The van der Waals surface area contributed by atoms with Crippen molar-refractivity contribution in [3.8, 4) is 6.07 Å². The molecule has 2 nitrogen and oxygen atoms in total. The minimum atomic E-state index is -4.57. The summed E-state index contributed by atoms with van der Waals surface area (Å²) in [4.78, 5) is 0. The molecule has 0 aliphatic rings. The second-order valence-corrected chi connectivity index (χ2v) is 4.99. The Hall–Kier alpha value is -1.90. The molecular formula is C14H7Cl2F3N2. The number of halogens is 5. The molecule has 0 aromatic heterocycles. The van der Waals surface area contributed by atoms with Gasteiger partial charge in [0.05, 0.1) is 22.5 Å². The van der Waals surface area contributed by atoms with Crippen LogP contribution in [-0.4, -0.2) is 0 Å². The van der Waals surface area contributed by atoms with Gasteiger partial charge in [0.1, 0.15) is 6.07 Å². The Kier molecular flexibility index (Phi) is 4.31. The highest BCUT2D eigenvalue weighted by molar-refractivity contribution is 6.31. The van der Waals surface area contributed by atoms with E-state index in [-0.39, 0.29) is 22.0 Å². The highest BCUT2D eigenvalue weighted by Crippen LogP contribution is 2.38. The largest absolute Gasteiger partial charge is 0.418 e. The SMILES string of the molecule is N#Cc1ccc(Cl)cc1Nc1ccc(Cl)cc1C(F)(F)F. The number of benzene rings is 2. The van der Waals surface area contributed by atoms with Gasteiger partial charge in [0.25, 0.3) is 0 Å². The Morgan fingerprint density at radius 1 is 0.952 bits per heavy atom. The first-order valence-electron chi connectivity index (χ1n) is 5.64. The standard InChI is InChI=1S/C14H7Cl2F3N2/c15-9-3-4-12(11(5-9)14(17,18)19)21-13-6-10(16)2-1-8(13)7-20/h1-6,21H. The molecule has 0 heterocycles. The summed E-state index contributed by atoms with van der Waals surface area (Å²) in [7, 11) is 0. The Bertz CT molecular complexity index is 721. The maximum absolute atomic E-state index is 13.0. The van der Waals surface area contributed by atoms with E-state index in [1.54, 1.807) is 0 Å². The lowest BCUT2D eigenvalue weighted by molar-refractivity contribution is -0.136. The second-order valence-electron chi connectivity index (χ2n) is 4.11. The Balaban J connectivity index is 2.50. The fourth-order valence-corrected chi connectivity index (χ4v) is 2.07. The molecule has 108 valence electrons. The van der Waals surface area contributed by atoms with E-state index in [9.17, 15) is 13.2 Å². The van der Waals surface area contributed by atoms with Crippen molar-refractivity contribution in [2.24, 2.45) is 0 Å². The van der Waals surface area contributed by atoms with Crippen molar-refractivity contribution in [1.82, 2.24) is 0 Å². The van der Waals surface area contributed by atoms with Crippen molar-refractivity contribution in [2.75, 3.05) is 5.32 Å². The highest BCUT2D eigenvalue weighted by atomic mass is 35.5. The average molecular weight is 331 g/mol. The van der Waals surface area contributed by atoms with E-state index < -0.39 is 11.7 Å².